The largest absolute Gasteiger partial charge is 0.289 e. The lowest BCUT2D eigenvalue weighted by Crippen LogP contribution is -2.47. The molecule has 0 saturated carbocycles. The van der Waals surface area contributed by atoms with Gasteiger partial charge in [-0.3, -0.25) is 4.79 Å². The standard InChI is InChI=1S/C29H46N2O3/c1-7-30(8-2,9-3)33-23-21-25-19-16-20-26(22-24-34-31(10-4,11-5)12-6)28(25)29(32)27-17-14-13-15-18-27/h13-20H,7-12,21-24H2,1-6H3/q+2. The van der Waals surface area contributed by atoms with Crippen LogP contribution in [0.25, 0.3) is 0 Å². The van der Waals surface area contributed by atoms with Crippen LogP contribution in [0.2, 0.25) is 0 Å². The van der Waals surface area contributed by atoms with Crippen LogP contribution in [0, 0.1) is 0 Å². The number of hydroxylamine groups is 6. The fourth-order valence-corrected chi connectivity index (χ4v) is 4.68. The highest BCUT2D eigenvalue weighted by atomic mass is 16.7. The maximum absolute atomic E-state index is 13.7. The van der Waals surface area contributed by atoms with Gasteiger partial charge in [-0.25, -0.2) is 9.68 Å². The summed E-state index contributed by atoms with van der Waals surface area (Å²) in [5, 5.41) is 0. The number of benzene rings is 2. The topological polar surface area (TPSA) is 35.5 Å². The van der Waals surface area contributed by atoms with Gasteiger partial charge in [0.2, 0.25) is 0 Å². The van der Waals surface area contributed by atoms with E-state index in [0.29, 0.717) is 35.3 Å². The zero-order chi connectivity index (χ0) is 25.0. The molecule has 0 spiro atoms. The van der Waals surface area contributed by atoms with E-state index in [-0.39, 0.29) is 5.78 Å². The molecule has 0 unspecified atom stereocenters. The third-order valence-corrected chi connectivity index (χ3v) is 7.43. The molecule has 0 bridgehead atoms. The molecule has 5 heteroatoms. The SMILES string of the molecule is CC[N+](CC)(CC)OCCc1cccc(CCO[N+](CC)(CC)CC)c1C(=O)c1ccccc1. The molecule has 0 atom stereocenters. The summed E-state index contributed by atoms with van der Waals surface area (Å²) in [6.07, 6.45) is 1.42. The van der Waals surface area contributed by atoms with Gasteiger partial charge in [0.15, 0.2) is 5.78 Å². The smallest absolute Gasteiger partial charge is 0.193 e. The molecule has 0 aromatic heterocycles. The first-order valence-electron chi connectivity index (χ1n) is 13.1. The Hall–Kier alpha value is -2.05. The van der Waals surface area contributed by atoms with Crippen molar-refractivity contribution in [3.05, 3.63) is 70.8 Å². The van der Waals surface area contributed by atoms with Crippen LogP contribution in [-0.2, 0) is 22.5 Å². The molecule has 0 aliphatic heterocycles. The Morgan fingerprint density at radius 2 is 1.03 bits per heavy atom. The molecule has 2 aromatic carbocycles. The molecule has 0 fully saturated rings. The molecular weight excluding hydrogens is 424 g/mol. The van der Waals surface area contributed by atoms with Crippen molar-refractivity contribution < 1.29 is 23.8 Å². The zero-order valence-electron chi connectivity index (χ0n) is 22.3. The number of carbonyl (C=O) groups excluding carboxylic acids is 1. The zero-order valence-corrected chi connectivity index (χ0v) is 22.3. The highest BCUT2D eigenvalue weighted by Gasteiger charge is 2.25. The summed E-state index contributed by atoms with van der Waals surface area (Å²) in [6, 6.07) is 15.8. The summed E-state index contributed by atoms with van der Waals surface area (Å²) < 4.78 is 1.28. The first-order valence-corrected chi connectivity index (χ1v) is 13.1. The average Bonchev–Trinajstić information content (AvgIpc) is 2.90. The molecule has 2 aromatic rings. The fraction of sp³-hybridized carbons (Fsp3) is 0.552. The molecule has 188 valence electrons. The second kappa shape index (κ2) is 13.7. The predicted molar refractivity (Wildman–Crippen MR) is 139 cm³/mol. The van der Waals surface area contributed by atoms with E-state index in [4.69, 9.17) is 9.68 Å². The summed E-state index contributed by atoms with van der Waals surface area (Å²) in [7, 11) is 0. The predicted octanol–water partition coefficient (Wildman–Crippen LogP) is 5.62. The van der Waals surface area contributed by atoms with Crippen molar-refractivity contribution in [2.75, 3.05) is 52.5 Å². The third kappa shape index (κ3) is 6.98. The molecule has 0 amide bonds. The van der Waals surface area contributed by atoms with E-state index in [1.807, 2.05) is 30.3 Å². The highest BCUT2D eigenvalue weighted by molar-refractivity contribution is 6.10. The fourth-order valence-electron chi connectivity index (χ4n) is 4.68. The van der Waals surface area contributed by atoms with E-state index in [9.17, 15) is 4.79 Å². The number of hydrogen-bond acceptors (Lipinski definition) is 3. The van der Waals surface area contributed by atoms with Crippen LogP contribution in [0.4, 0.5) is 0 Å². The monoisotopic (exact) mass is 470 g/mol. The lowest BCUT2D eigenvalue weighted by molar-refractivity contribution is -1.10. The molecule has 0 radical (unpaired) electrons. The van der Waals surface area contributed by atoms with Gasteiger partial charge in [0.05, 0.1) is 0 Å². The summed E-state index contributed by atoms with van der Waals surface area (Å²) in [5.74, 6) is 0.0793. The van der Waals surface area contributed by atoms with Crippen LogP contribution < -0.4 is 0 Å². The molecule has 0 N–H and O–H groups in total. The van der Waals surface area contributed by atoms with E-state index < -0.39 is 0 Å². The minimum absolute atomic E-state index is 0.0793. The summed E-state index contributed by atoms with van der Waals surface area (Å²) in [6.45, 7) is 19.8. The van der Waals surface area contributed by atoms with Gasteiger partial charge in [0.25, 0.3) is 0 Å². The molecule has 2 rings (SSSR count). The normalized spacial score (nSPS) is 12.2. The highest BCUT2D eigenvalue weighted by Crippen LogP contribution is 2.22. The van der Waals surface area contributed by atoms with Crippen LogP contribution >= 0.6 is 0 Å². The van der Waals surface area contributed by atoms with Gasteiger partial charge in [-0.05, 0) is 52.7 Å². The number of carbonyl (C=O) groups is 1. The van der Waals surface area contributed by atoms with E-state index in [1.165, 1.54) is 0 Å². The minimum Gasteiger partial charge on any atom is -0.289 e. The average molecular weight is 471 g/mol. The Labute approximate surface area is 207 Å². The van der Waals surface area contributed by atoms with Gasteiger partial charge in [-0.2, -0.15) is 9.29 Å². The minimum atomic E-state index is 0.0793. The number of ketones is 1. The lowest BCUT2D eigenvalue weighted by atomic mass is 9.91. The third-order valence-electron chi connectivity index (χ3n) is 7.43. The molecule has 0 heterocycles. The van der Waals surface area contributed by atoms with Crippen molar-refractivity contribution in [3.63, 3.8) is 0 Å². The van der Waals surface area contributed by atoms with Gasteiger partial charge in [-0.15, -0.1) is 0 Å². The van der Waals surface area contributed by atoms with Crippen LogP contribution in [-0.4, -0.2) is 67.6 Å². The quantitative estimate of drug-likeness (QED) is 0.181. The van der Waals surface area contributed by atoms with E-state index in [0.717, 1.165) is 61.5 Å². The number of quaternary nitrogens is 2. The number of nitrogens with zero attached hydrogens (tertiary/aromatic N) is 2. The second-order valence-electron chi connectivity index (χ2n) is 8.83. The second-order valence-corrected chi connectivity index (χ2v) is 8.83. The van der Waals surface area contributed by atoms with Crippen molar-refractivity contribution in [1.29, 1.82) is 0 Å². The molecule has 0 aliphatic rings. The van der Waals surface area contributed by atoms with Gasteiger partial charge < -0.3 is 0 Å². The Balaban J connectivity index is 2.30. The van der Waals surface area contributed by atoms with Crippen molar-refractivity contribution in [2.24, 2.45) is 0 Å². The maximum atomic E-state index is 13.7. The van der Waals surface area contributed by atoms with Crippen LogP contribution in [0.1, 0.15) is 68.6 Å². The molecular formula is C29H46N2O3+2. The first-order chi connectivity index (χ1) is 16.4. The van der Waals surface area contributed by atoms with Crippen LogP contribution in [0.3, 0.4) is 0 Å². The number of hydrogen-bond donors (Lipinski definition) is 0. The van der Waals surface area contributed by atoms with Gasteiger partial charge in [0.1, 0.15) is 52.5 Å². The summed E-state index contributed by atoms with van der Waals surface area (Å²) in [4.78, 5) is 26.3. The Bertz CT molecular complexity index is 813. The first kappa shape index (κ1) is 28.2. The van der Waals surface area contributed by atoms with Gasteiger partial charge in [0, 0.05) is 24.0 Å². The van der Waals surface area contributed by atoms with Gasteiger partial charge >= 0.3 is 0 Å². The molecule has 5 nitrogen and oxygen atoms in total. The van der Waals surface area contributed by atoms with Crippen LogP contribution in [0.5, 0.6) is 0 Å². The molecule has 34 heavy (non-hydrogen) atoms. The van der Waals surface area contributed by atoms with Crippen molar-refractivity contribution in [3.8, 4) is 0 Å². The van der Waals surface area contributed by atoms with Crippen molar-refractivity contribution in [2.45, 2.75) is 54.4 Å². The van der Waals surface area contributed by atoms with E-state index in [1.54, 1.807) is 0 Å². The number of rotatable bonds is 16. The van der Waals surface area contributed by atoms with E-state index in [2.05, 4.69) is 59.7 Å². The lowest BCUT2D eigenvalue weighted by Gasteiger charge is -2.32. The van der Waals surface area contributed by atoms with E-state index >= 15 is 0 Å². The molecule has 0 aliphatic carbocycles. The molecule has 0 saturated heterocycles. The Morgan fingerprint density at radius 1 is 0.618 bits per heavy atom. The Kier molecular flexibility index (Phi) is 11.4. The van der Waals surface area contributed by atoms with Gasteiger partial charge in [-0.1, -0.05) is 48.5 Å². The maximum Gasteiger partial charge on any atom is 0.193 e. The Morgan fingerprint density at radius 3 is 1.41 bits per heavy atom. The summed E-state index contributed by atoms with van der Waals surface area (Å²) in [5.41, 5.74) is 3.63. The van der Waals surface area contributed by atoms with Crippen LogP contribution in [0.15, 0.2) is 48.5 Å². The van der Waals surface area contributed by atoms with Crippen molar-refractivity contribution in [1.82, 2.24) is 0 Å². The summed E-state index contributed by atoms with van der Waals surface area (Å²) >= 11 is 0. The van der Waals surface area contributed by atoms with Crippen molar-refractivity contribution >= 4 is 5.78 Å².